The van der Waals surface area contributed by atoms with Crippen LogP contribution in [0.2, 0.25) is 0 Å². The van der Waals surface area contributed by atoms with Crippen LogP contribution in [0.15, 0.2) is 64.6 Å². The summed E-state index contributed by atoms with van der Waals surface area (Å²) in [4.78, 5) is 0. The third-order valence-corrected chi connectivity index (χ3v) is 4.84. The lowest BCUT2D eigenvalue weighted by molar-refractivity contribution is 0.333. The van der Waals surface area contributed by atoms with E-state index in [9.17, 15) is 10.2 Å². The van der Waals surface area contributed by atoms with Gasteiger partial charge in [0.05, 0.1) is 11.6 Å². The van der Waals surface area contributed by atoms with Gasteiger partial charge in [-0.3, -0.25) is 0 Å². The fraction of sp³-hybridized carbons (Fsp3) is 0.333. The molecular formula is C18H19NO2. The van der Waals surface area contributed by atoms with Crippen molar-refractivity contribution in [3.8, 4) is 0 Å². The van der Waals surface area contributed by atoms with Crippen molar-refractivity contribution in [1.82, 2.24) is 5.32 Å². The Labute approximate surface area is 124 Å². The molecule has 0 aromatic heterocycles. The SMILES string of the molecule is OC1=CC2=C3C1=C(O)CCC3CCNC2c1ccccc1. The van der Waals surface area contributed by atoms with E-state index in [2.05, 4.69) is 17.4 Å². The van der Waals surface area contributed by atoms with Crippen molar-refractivity contribution < 1.29 is 10.2 Å². The van der Waals surface area contributed by atoms with Crippen molar-refractivity contribution in [3.05, 3.63) is 70.2 Å². The molecule has 0 saturated heterocycles. The van der Waals surface area contributed by atoms with E-state index in [-0.39, 0.29) is 11.8 Å². The van der Waals surface area contributed by atoms with Gasteiger partial charge < -0.3 is 15.5 Å². The van der Waals surface area contributed by atoms with Crippen LogP contribution in [-0.4, -0.2) is 16.8 Å². The van der Waals surface area contributed by atoms with Crippen molar-refractivity contribution in [2.45, 2.75) is 25.3 Å². The monoisotopic (exact) mass is 281 g/mol. The largest absolute Gasteiger partial charge is 0.512 e. The topological polar surface area (TPSA) is 52.5 Å². The fourth-order valence-electron chi connectivity index (χ4n) is 3.89. The maximum atomic E-state index is 10.3. The maximum Gasteiger partial charge on any atom is 0.126 e. The fourth-order valence-corrected chi connectivity index (χ4v) is 3.89. The second kappa shape index (κ2) is 4.78. The van der Waals surface area contributed by atoms with Crippen LogP contribution >= 0.6 is 0 Å². The first kappa shape index (κ1) is 12.7. The van der Waals surface area contributed by atoms with E-state index in [1.54, 1.807) is 0 Å². The van der Waals surface area contributed by atoms with E-state index in [0.29, 0.717) is 23.7 Å². The lowest BCUT2D eigenvalue weighted by Crippen LogP contribution is -2.22. The molecule has 1 aromatic rings. The second-order valence-electron chi connectivity index (χ2n) is 6.04. The molecule has 3 heteroatoms. The summed E-state index contributed by atoms with van der Waals surface area (Å²) in [5.41, 5.74) is 4.19. The predicted octanol–water partition coefficient (Wildman–Crippen LogP) is 3.70. The van der Waals surface area contributed by atoms with Crippen molar-refractivity contribution >= 4 is 0 Å². The number of aliphatic hydroxyl groups is 2. The highest BCUT2D eigenvalue weighted by Gasteiger charge is 2.38. The summed E-state index contributed by atoms with van der Waals surface area (Å²) in [6.07, 6.45) is 4.54. The zero-order valence-electron chi connectivity index (χ0n) is 11.8. The van der Waals surface area contributed by atoms with Crippen molar-refractivity contribution in [1.29, 1.82) is 0 Å². The highest BCUT2D eigenvalue weighted by atomic mass is 16.3. The van der Waals surface area contributed by atoms with Gasteiger partial charge in [0, 0.05) is 6.42 Å². The first-order valence-corrected chi connectivity index (χ1v) is 7.61. The summed E-state index contributed by atoms with van der Waals surface area (Å²) in [6.45, 7) is 0.958. The van der Waals surface area contributed by atoms with Crippen LogP contribution in [0.4, 0.5) is 0 Å². The molecule has 4 rings (SSSR count). The number of hydrogen-bond donors (Lipinski definition) is 3. The number of aliphatic hydroxyl groups excluding tert-OH is 2. The molecule has 2 atom stereocenters. The molecule has 0 fully saturated rings. The molecule has 3 N–H and O–H groups in total. The molecule has 1 heterocycles. The van der Waals surface area contributed by atoms with Gasteiger partial charge in [-0.25, -0.2) is 0 Å². The van der Waals surface area contributed by atoms with Gasteiger partial charge in [-0.1, -0.05) is 30.3 Å². The molecule has 21 heavy (non-hydrogen) atoms. The molecule has 0 spiro atoms. The third-order valence-electron chi connectivity index (χ3n) is 4.84. The molecule has 2 unspecified atom stereocenters. The number of benzene rings is 1. The summed E-state index contributed by atoms with van der Waals surface area (Å²) < 4.78 is 0. The van der Waals surface area contributed by atoms with Gasteiger partial charge in [-0.05, 0) is 48.1 Å². The van der Waals surface area contributed by atoms with E-state index in [1.165, 1.54) is 5.56 Å². The molecule has 3 nitrogen and oxygen atoms in total. The van der Waals surface area contributed by atoms with E-state index >= 15 is 0 Å². The average molecular weight is 281 g/mol. The molecule has 0 saturated carbocycles. The van der Waals surface area contributed by atoms with Gasteiger partial charge in [0.25, 0.3) is 0 Å². The zero-order chi connectivity index (χ0) is 14.4. The summed E-state index contributed by atoms with van der Waals surface area (Å²) in [6, 6.07) is 10.4. The Hall–Kier alpha value is -2.00. The number of allylic oxidation sites excluding steroid dienone is 2. The van der Waals surface area contributed by atoms with Crippen molar-refractivity contribution in [2.75, 3.05) is 6.54 Å². The number of nitrogens with one attached hydrogen (secondary N) is 1. The Balaban J connectivity index is 1.88. The summed E-state index contributed by atoms with van der Waals surface area (Å²) in [5.74, 6) is 1.01. The summed E-state index contributed by atoms with van der Waals surface area (Å²) >= 11 is 0. The average Bonchev–Trinajstić information content (AvgIpc) is 2.74. The molecule has 3 aliphatic rings. The highest BCUT2D eigenvalue weighted by Crippen LogP contribution is 2.48. The van der Waals surface area contributed by atoms with Crippen LogP contribution in [0.5, 0.6) is 0 Å². The molecule has 1 aromatic carbocycles. The van der Waals surface area contributed by atoms with E-state index in [1.807, 2.05) is 24.3 Å². The Kier molecular flexibility index (Phi) is 2.89. The summed E-state index contributed by atoms with van der Waals surface area (Å²) in [5, 5.41) is 24.0. The Bertz CT molecular complexity index is 670. The Morgan fingerprint density at radius 1 is 1.05 bits per heavy atom. The smallest absolute Gasteiger partial charge is 0.126 e. The lowest BCUT2D eigenvalue weighted by Gasteiger charge is -2.25. The minimum absolute atomic E-state index is 0.0942. The predicted molar refractivity (Wildman–Crippen MR) is 81.9 cm³/mol. The van der Waals surface area contributed by atoms with E-state index in [0.717, 1.165) is 30.5 Å². The van der Waals surface area contributed by atoms with Crippen LogP contribution < -0.4 is 5.32 Å². The van der Waals surface area contributed by atoms with Crippen molar-refractivity contribution in [3.63, 3.8) is 0 Å². The molecule has 0 bridgehead atoms. The molecule has 108 valence electrons. The normalized spacial score (nSPS) is 28.3. The van der Waals surface area contributed by atoms with Crippen LogP contribution in [0.3, 0.4) is 0 Å². The summed E-state index contributed by atoms with van der Waals surface area (Å²) in [7, 11) is 0. The quantitative estimate of drug-likeness (QED) is 0.735. The first-order chi connectivity index (χ1) is 10.3. The number of rotatable bonds is 1. The van der Waals surface area contributed by atoms with Crippen molar-refractivity contribution in [2.24, 2.45) is 5.92 Å². The molecular weight excluding hydrogens is 262 g/mol. The Morgan fingerprint density at radius 3 is 2.67 bits per heavy atom. The van der Waals surface area contributed by atoms with Crippen LogP contribution in [-0.2, 0) is 0 Å². The minimum atomic E-state index is 0.0942. The number of hydrogen-bond acceptors (Lipinski definition) is 3. The van der Waals surface area contributed by atoms with Crippen LogP contribution in [0.1, 0.15) is 30.9 Å². The highest BCUT2D eigenvalue weighted by molar-refractivity contribution is 5.62. The standard InChI is InChI=1S/C18H19NO2/c20-14-7-6-11-8-9-19-18(12-4-2-1-3-5-12)13-10-15(21)17(14)16(11)13/h1-5,10-11,18-21H,6-9H2. The van der Waals surface area contributed by atoms with Crippen LogP contribution in [0.25, 0.3) is 0 Å². The maximum absolute atomic E-state index is 10.3. The van der Waals surface area contributed by atoms with Gasteiger partial charge >= 0.3 is 0 Å². The van der Waals surface area contributed by atoms with Gasteiger partial charge in [0.15, 0.2) is 0 Å². The lowest BCUT2D eigenvalue weighted by atomic mass is 9.80. The second-order valence-corrected chi connectivity index (χ2v) is 6.04. The Morgan fingerprint density at radius 2 is 1.86 bits per heavy atom. The van der Waals surface area contributed by atoms with Gasteiger partial charge in [0.1, 0.15) is 11.5 Å². The molecule has 0 radical (unpaired) electrons. The molecule has 1 aliphatic heterocycles. The minimum Gasteiger partial charge on any atom is -0.512 e. The molecule has 0 amide bonds. The van der Waals surface area contributed by atoms with Gasteiger partial charge in [-0.15, -0.1) is 0 Å². The third kappa shape index (κ3) is 1.92. The zero-order valence-corrected chi connectivity index (χ0v) is 11.8. The van der Waals surface area contributed by atoms with Gasteiger partial charge in [0.2, 0.25) is 0 Å². The van der Waals surface area contributed by atoms with E-state index in [4.69, 9.17) is 0 Å². The van der Waals surface area contributed by atoms with E-state index < -0.39 is 0 Å². The molecule has 2 aliphatic carbocycles. The van der Waals surface area contributed by atoms with Gasteiger partial charge in [-0.2, -0.15) is 0 Å². The first-order valence-electron chi connectivity index (χ1n) is 7.61. The van der Waals surface area contributed by atoms with Crippen LogP contribution in [0, 0.1) is 5.92 Å².